The Kier molecular flexibility index (Phi) is 4.61. The molecule has 128 valence electrons. The maximum absolute atomic E-state index is 6.10. The van der Waals surface area contributed by atoms with Gasteiger partial charge < -0.3 is 0 Å². The minimum Gasteiger partial charge on any atom is -0.300 e. The largest absolute Gasteiger partial charge is 0.300 e. The summed E-state index contributed by atoms with van der Waals surface area (Å²) in [5.41, 5.74) is 10.3. The first-order valence-corrected chi connectivity index (χ1v) is 8.75. The second kappa shape index (κ2) is 7.20. The van der Waals surface area contributed by atoms with Crippen LogP contribution in [0.1, 0.15) is 0 Å². The van der Waals surface area contributed by atoms with Crippen molar-refractivity contribution in [3.8, 4) is 11.3 Å². The molecule has 0 aliphatic rings. The number of rotatable bonds is 4. The molecule has 0 aliphatic carbocycles. The van der Waals surface area contributed by atoms with Gasteiger partial charge in [0.05, 0.1) is 16.7 Å². The molecule has 4 nitrogen and oxygen atoms in total. The number of benzene rings is 3. The maximum atomic E-state index is 6.10. The van der Waals surface area contributed by atoms with Crippen LogP contribution in [-0.4, -0.2) is 9.97 Å². The zero-order valence-electron chi connectivity index (χ0n) is 13.6. The van der Waals surface area contributed by atoms with Gasteiger partial charge in [-0.3, -0.25) is 10.9 Å². The number of hydrogen-bond donors (Lipinski definition) is 2. The molecule has 0 fully saturated rings. The molecule has 2 N–H and O–H groups in total. The fraction of sp³-hybridized carbons (Fsp3) is 0. The van der Waals surface area contributed by atoms with Crippen LogP contribution >= 0.6 is 23.2 Å². The summed E-state index contributed by atoms with van der Waals surface area (Å²) in [6.07, 6.45) is 0. The van der Waals surface area contributed by atoms with Crippen molar-refractivity contribution >= 4 is 45.7 Å². The van der Waals surface area contributed by atoms with E-state index >= 15 is 0 Å². The van der Waals surface area contributed by atoms with Crippen LogP contribution in [0.4, 0.5) is 11.5 Å². The fourth-order valence-electron chi connectivity index (χ4n) is 2.61. The van der Waals surface area contributed by atoms with Crippen LogP contribution in [0.5, 0.6) is 0 Å². The molecule has 1 heterocycles. The summed E-state index contributed by atoms with van der Waals surface area (Å²) in [5.74, 6) is 0.603. The van der Waals surface area contributed by atoms with Gasteiger partial charge in [-0.05, 0) is 36.4 Å². The highest BCUT2D eigenvalue weighted by molar-refractivity contribution is 6.31. The Morgan fingerprint density at radius 1 is 0.654 bits per heavy atom. The van der Waals surface area contributed by atoms with Crippen LogP contribution in [0.25, 0.3) is 22.3 Å². The van der Waals surface area contributed by atoms with Crippen molar-refractivity contribution in [2.45, 2.75) is 0 Å². The summed E-state index contributed by atoms with van der Waals surface area (Å²) in [7, 11) is 0. The van der Waals surface area contributed by atoms with Crippen LogP contribution in [-0.2, 0) is 0 Å². The molecular formula is C20H14Cl2N4. The van der Waals surface area contributed by atoms with Crippen molar-refractivity contribution in [3.05, 3.63) is 82.8 Å². The quantitative estimate of drug-likeness (QED) is 0.423. The minimum atomic E-state index is 0.603. The first kappa shape index (κ1) is 16.6. The van der Waals surface area contributed by atoms with Crippen molar-refractivity contribution < 1.29 is 0 Å². The van der Waals surface area contributed by atoms with E-state index in [4.69, 9.17) is 33.2 Å². The zero-order chi connectivity index (χ0) is 17.9. The van der Waals surface area contributed by atoms with E-state index < -0.39 is 0 Å². The molecule has 0 atom stereocenters. The topological polar surface area (TPSA) is 49.8 Å². The van der Waals surface area contributed by atoms with Crippen molar-refractivity contribution in [1.29, 1.82) is 0 Å². The second-order valence-corrected chi connectivity index (χ2v) is 6.55. The highest BCUT2D eigenvalue weighted by atomic mass is 35.5. The van der Waals surface area contributed by atoms with E-state index in [1.54, 1.807) is 6.07 Å². The van der Waals surface area contributed by atoms with Crippen molar-refractivity contribution in [2.24, 2.45) is 0 Å². The number of halogens is 2. The first-order chi connectivity index (χ1) is 12.7. The smallest absolute Gasteiger partial charge is 0.171 e. The summed E-state index contributed by atoms with van der Waals surface area (Å²) in [5, 5.41) is 1.27. The number of hydrazine groups is 1. The second-order valence-electron chi connectivity index (χ2n) is 5.68. The Bertz CT molecular complexity index is 1070. The average molecular weight is 381 g/mol. The van der Waals surface area contributed by atoms with Gasteiger partial charge in [0.15, 0.2) is 5.82 Å². The lowest BCUT2D eigenvalue weighted by molar-refractivity contribution is 1.25. The van der Waals surface area contributed by atoms with E-state index in [1.165, 1.54) is 0 Å². The van der Waals surface area contributed by atoms with Crippen LogP contribution in [0, 0.1) is 0 Å². The molecule has 26 heavy (non-hydrogen) atoms. The molecule has 0 amide bonds. The van der Waals surface area contributed by atoms with Crippen LogP contribution < -0.4 is 10.9 Å². The maximum Gasteiger partial charge on any atom is 0.171 e. The summed E-state index contributed by atoms with van der Waals surface area (Å²) in [6, 6.07) is 22.8. The molecule has 0 spiro atoms. The third kappa shape index (κ3) is 3.57. The van der Waals surface area contributed by atoms with Gasteiger partial charge in [-0.15, -0.1) is 0 Å². The summed E-state index contributed by atoms with van der Waals surface area (Å²) in [6.45, 7) is 0. The van der Waals surface area contributed by atoms with E-state index in [1.807, 2.05) is 66.7 Å². The highest BCUT2D eigenvalue weighted by Crippen LogP contribution is 2.28. The number of anilines is 2. The molecule has 1 aromatic heterocycles. The van der Waals surface area contributed by atoms with E-state index in [9.17, 15) is 0 Å². The Balaban J connectivity index is 1.77. The molecule has 0 aliphatic heterocycles. The standard InChI is InChI=1S/C20H14Cl2N4/c21-14-7-4-8-16(11-14)25-26-20-19(13-5-2-1-3-6-13)23-17-10-9-15(22)12-18(17)24-20/h1-12,25H,(H,24,26). The third-order valence-electron chi connectivity index (χ3n) is 3.82. The Morgan fingerprint density at radius 3 is 2.27 bits per heavy atom. The predicted molar refractivity (Wildman–Crippen MR) is 109 cm³/mol. The van der Waals surface area contributed by atoms with Crippen molar-refractivity contribution in [1.82, 2.24) is 9.97 Å². The number of hydrogen-bond acceptors (Lipinski definition) is 4. The van der Waals surface area contributed by atoms with E-state index in [-0.39, 0.29) is 0 Å². The summed E-state index contributed by atoms with van der Waals surface area (Å²) in [4.78, 5) is 9.46. The first-order valence-electron chi connectivity index (χ1n) is 7.99. The number of nitrogens with one attached hydrogen (secondary N) is 2. The molecule has 0 unspecified atom stereocenters. The summed E-state index contributed by atoms with van der Waals surface area (Å²) >= 11 is 12.1. The Morgan fingerprint density at radius 2 is 1.46 bits per heavy atom. The van der Waals surface area contributed by atoms with Crippen molar-refractivity contribution in [3.63, 3.8) is 0 Å². The number of nitrogens with zero attached hydrogens (tertiary/aromatic N) is 2. The molecule has 0 bridgehead atoms. The monoisotopic (exact) mass is 380 g/mol. The lowest BCUT2D eigenvalue weighted by Gasteiger charge is -2.14. The molecule has 0 saturated carbocycles. The van der Waals surface area contributed by atoms with Crippen LogP contribution in [0.3, 0.4) is 0 Å². The fourth-order valence-corrected chi connectivity index (χ4v) is 2.97. The minimum absolute atomic E-state index is 0.603. The van der Waals surface area contributed by atoms with Gasteiger partial charge in [0.2, 0.25) is 0 Å². The lowest BCUT2D eigenvalue weighted by atomic mass is 10.1. The number of aromatic nitrogens is 2. The average Bonchev–Trinajstić information content (AvgIpc) is 2.66. The van der Waals surface area contributed by atoms with E-state index in [2.05, 4.69) is 10.9 Å². The predicted octanol–water partition coefficient (Wildman–Crippen LogP) is 6.04. The van der Waals surface area contributed by atoms with E-state index in [0.717, 1.165) is 22.5 Å². The normalized spacial score (nSPS) is 10.7. The summed E-state index contributed by atoms with van der Waals surface area (Å²) < 4.78 is 0. The van der Waals surface area contributed by atoms with Crippen molar-refractivity contribution in [2.75, 3.05) is 10.9 Å². The van der Waals surface area contributed by atoms with Gasteiger partial charge in [0.25, 0.3) is 0 Å². The van der Waals surface area contributed by atoms with Gasteiger partial charge in [-0.1, -0.05) is 59.6 Å². The Hall–Kier alpha value is -2.82. The highest BCUT2D eigenvalue weighted by Gasteiger charge is 2.11. The molecule has 4 aromatic rings. The SMILES string of the molecule is Clc1cccc(NNc2nc3cc(Cl)ccc3nc2-c2ccccc2)c1. The van der Waals surface area contributed by atoms with Gasteiger partial charge >= 0.3 is 0 Å². The van der Waals surface area contributed by atoms with Gasteiger partial charge in [0.1, 0.15) is 5.69 Å². The van der Waals surface area contributed by atoms with Crippen LogP contribution in [0.15, 0.2) is 72.8 Å². The van der Waals surface area contributed by atoms with Gasteiger partial charge in [-0.25, -0.2) is 9.97 Å². The molecule has 0 radical (unpaired) electrons. The molecule has 6 heteroatoms. The number of fused-ring (bicyclic) bond motifs is 1. The molecule has 3 aromatic carbocycles. The van der Waals surface area contributed by atoms with Crippen LogP contribution in [0.2, 0.25) is 10.0 Å². The Labute approximate surface area is 160 Å². The molecule has 0 saturated heterocycles. The third-order valence-corrected chi connectivity index (χ3v) is 4.29. The van der Waals surface area contributed by atoms with E-state index in [0.29, 0.717) is 21.4 Å². The van der Waals surface area contributed by atoms with Gasteiger partial charge in [0, 0.05) is 15.6 Å². The van der Waals surface area contributed by atoms with Gasteiger partial charge in [-0.2, -0.15) is 0 Å². The molecular weight excluding hydrogens is 367 g/mol. The lowest BCUT2D eigenvalue weighted by Crippen LogP contribution is -2.12. The molecule has 4 rings (SSSR count). The zero-order valence-corrected chi connectivity index (χ0v) is 15.1.